The smallest absolute Gasteiger partial charge is 0.200 e. The van der Waals surface area contributed by atoms with E-state index in [1.165, 1.54) is 0 Å². The monoisotopic (exact) mass is 418 g/mol. The van der Waals surface area contributed by atoms with Crippen molar-refractivity contribution >= 4 is 14.1 Å². The van der Waals surface area contributed by atoms with Crippen molar-refractivity contribution in [1.82, 2.24) is 0 Å². The second kappa shape index (κ2) is 9.03. The van der Waals surface area contributed by atoms with E-state index in [1.807, 2.05) is 20.8 Å². The van der Waals surface area contributed by atoms with Crippen molar-refractivity contribution in [3.63, 3.8) is 0 Å². The lowest BCUT2D eigenvalue weighted by Gasteiger charge is -2.43. The van der Waals surface area contributed by atoms with E-state index in [-0.39, 0.29) is 29.8 Å². The second-order valence-corrected chi connectivity index (χ2v) is 15.7. The molecule has 1 aliphatic heterocycles. The second-order valence-electron chi connectivity index (χ2n) is 10.2. The predicted molar refractivity (Wildman–Crippen MR) is 125 cm³/mol. The maximum atomic E-state index is 12.8. The minimum atomic E-state index is -2.01. The number of ether oxygens (including phenoxy) is 1. The fraction of sp³-hybridized carbons (Fsp3) is 0.720. The average Bonchev–Trinajstić information content (AvgIpc) is 2.97. The van der Waals surface area contributed by atoms with Gasteiger partial charge in [0.05, 0.1) is 12.7 Å². The summed E-state index contributed by atoms with van der Waals surface area (Å²) in [5.74, 6) is 0.500. The Balaban J connectivity index is 2.43. The highest BCUT2D eigenvalue weighted by Crippen LogP contribution is 2.49. The molecule has 0 aromatic heterocycles. The van der Waals surface area contributed by atoms with Crippen LogP contribution in [0.3, 0.4) is 0 Å². The van der Waals surface area contributed by atoms with Gasteiger partial charge in [0.25, 0.3) is 0 Å². The highest BCUT2D eigenvalue weighted by molar-refractivity contribution is 6.77. The van der Waals surface area contributed by atoms with E-state index in [4.69, 9.17) is 9.16 Å². The van der Waals surface area contributed by atoms with Crippen LogP contribution in [-0.2, 0) is 14.0 Å². The molecule has 2 rings (SSSR count). The SMILES string of the molecule is C=C(C)[C@H]1CC(=O)C(C)=C2[C@@H]1[C@H](C(=C)C)O[C@@H]2CO[Si](C(C)C)(C(C)C)C(C)C. The largest absolute Gasteiger partial charge is 0.413 e. The Morgan fingerprint density at radius 3 is 2.00 bits per heavy atom. The van der Waals surface area contributed by atoms with Crippen molar-refractivity contribution < 1.29 is 14.0 Å². The van der Waals surface area contributed by atoms with Crippen molar-refractivity contribution in [2.24, 2.45) is 11.8 Å². The molecule has 0 saturated carbocycles. The number of allylic oxidation sites excluding steroid dienone is 2. The molecule has 2 aliphatic rings. The van der Waals surface area contributed by atoms with Gasteiger partial charge in [-0.25, -0.2) is 0 Å². The maximum Gasteiger partial charge on any atom is 0.200 e. The van der Waals surface area contributed by atoms with E-state index in [0.717, 1.165) is 22.3 Å². The molecule has 1 fully saturated rings. The molecular weight excluding hydrogens is 376 g/mol. The van der Waals surface area contributed by atoms with E-state index >= 15 is 0 Å². The topological polar surface area (TPSA) is 35.5 Å². The van der Waals surface area contributed by atoms with Gasteiger partial charge in [-0.05, 0) is 54.5 Å². The van der Waals surface area contributed by atoms with Crippen LogP contribution < -0.4 is 0 Å². The van der Waals surface area contributed by atoms with Gasteiger partial charge in [0.15, 0.2) is 14.1 Å². The van der Waals surface area contributed by atoms with Gasteiger partial charge in [-0.2, -0.15) is 0 Å². The summed E-state index contributed by atoms with van der Waals surface area (Å²) in [7, 11) is -2.01. The molecule has 0 aromatic carbocycles. The Morgan fingerprint density at radius 1 is 1.07 bits per heavy atom. The third kappa shape index (κ3) is 4.26. The molecule has 0 amide bonds. The molecule has 0 bridgehead atoms. The van der Waals surface area contributed by atoms with Crippen LogP contribution in [0.4, 0.5) is 0 Å². The summed E-state index contributed by atoms with van der Waals surface area (Å²) >= 11 is 0. The molecule has 0 radical (unpaired) electrons. The first-order valence-corrected chi connectivity index (χ1v) is 13.3. The van der Waals surface area contributed by atoms with Crippen molar-refractivity contribution in [3.8, 4) is 0 Å². The van der Waals surface area contributed by atoms with Crippen LogP contribution in [0, 0.1) is 11.8 Å². The fourth-order valence-corrected chi connectivity index (χ4v) is 11.5. The number of ketones is 1. The molecule has 0 spiro atoms. The first-order chi connectivity index (χ1) is 13.4. The normalized spacial score (nSPS) is 27.9. The average molecular weight is 419 g/mol. The van der Waals surface area contributed by atoms with Gasteiger partial charge < -0.3 is 9.16 Å². The molecule has 29 heavy (non-hydrogen) atoms. The third-order valence-electron chi connectivity index (χ3n) is 7.34. The minimum Gasteiger partial charge on any atom is -0.413 e. The van der Waals surface area contributed by atoms with E-state index in [1.54, 1.807) is 0 Å². The number of carbonyl (C=O) groups is 1. The van der Waals surface area contributed by atoms with Crippen molar-refractivity contribution in [1.29, 1.82) is 0 Å². The summed E-state index contributed by atoms with van der Waals surface area (Å²) in [6.45, 7) is 28.7. The third-order valence-corrected chi connectivity index (χ3v) is 13.4. The van der Waals surface area contributed by atoms with Gasteiger partial charge in [0.1, 0.15) is 6.10 Å². The Hall–Kier alpha value is -0.973. The van der Waals surface area contributed by atoms with Gasteiger partial charge in [0, 0.05) is 12.3 Å². The zero-order chi connectivity index (χ0) is 22.3. The van der Waals surface area contributed by atoms with Crippen LogP contribution in [-0.4, -0.2) is 32.9 Å². The van der Waals surface area contributed by atoms with Gasteiger partial charge >= 0.3 is 0 Å². The molecule has 0 unspecified atom stereocenters. The van der Waals surface area contributed by atoms with E-state index in [0.29, 0.717) is 29.7 Å². The molecule has 1 heterocycles. The first kappa shape index (κ1) is 24.3. The highest BCUT2D eigenvalue weighted by Gasteiger charge is 2.51. The van der Waals surface area contributed by atoms with Crippen LogP contribution in [0.25, 0.3) is 0 Å². The van der Waals surface area contributed by atoms with Gasteiger partial charge in [-0.3, -0.25) is 4.79 Å². The molecule has 4 atom stereocenters. The molecule has 1 aliphatic carbocycles. The molecule has 4 heteroatoms. The number of hydrogen-bond donors (Lipinski definition) is 0. The van der Waals surface area contributed by atoms with Crippen molar-refractivity contribution in [3.05, 3.63) is 35.5 Å². The van der Waals surface area contributed by atoms with Crippen LogP contribution in [0.1, 0.15) is 68.7 Å². The standard InChI is InChI=1S/C25H42O3Si/c1-14(2)20-12-21(26)19(11)23-22(28-25(15(3)4)24(20)23)13-27-29(16(5)6,17(7)8)18(9)10/h16-18,20,22,24-25H,1,3,12-13H2,2,4-11H3/t20-,22-,24-,25+/m1/s1. The quantitative estimate of drug-likeness (QED) is 0.328. The van der Waals surface area contributed by atoms with Crippen molar-refractivity contribution in [2.75, 3.05) is 6.61 Å². The summed E-state index contributed by atoms with van der Waals surface area (Å²) in [5, 5.41) is 0. The summed E-state index contributed by atoms with van der Waals surface area (Å²) in [6.07, 6.45) is 0.283. The first-order valence-electron chi connectivity index (χ1n) is 11.2. The van der Waals surface area contributed by atoms with E-state index in [2.05, 4.69) is 54.7 Å². The molecule has 3 nitrogen and oxygen atoms in total. The molecule has 0 aromatic rings. The lowest BCUT2D eigenvalue weighted by atomic mass is 9.69. The van der Waals surface area contributed by atoms with Crippen LogP contribution in [0.15, 0.2) is 35.5 Å². The zero-order valence-corrected chi connectivity index (χ0v) is 21.1. The Bertz CT molecular complexity index is 679. The van der Waals surface area contributed by atoms with E-state index < -0.39 is 8.32 Å². The van der Waals surface area contributed by atoms with Gasteiger partial charge in [-0.15, -0.1) is 0 Å². The van der Waals surface area contributed by atoms with Crippen LogP contribution >= 0.6 is 0 Å². The van der Waals surface area contributed by atoms with Crippen LogP contribution in [0.5, 0.6) is 0 Å². The lowest BCUT2D eigenvalue weighted by Crippen LogP contribution is -2.49. The van der Waals surface area contributed by atoms with Gasteiger partial charge in [-0.1, -0.05) is 65.8 Å². The lowest BCUT2D eigenvalue weighted by molar-refractivity contribution is -0.117. The zero-order valence-electron chi connectivity index (χ0n) is 20.1. The number of fused-ring (bicyclic) bond motifs is 1. The fourth-order valence-electron chi connectivity index (χ4n) is 6.03. The summed E-state index contributed by atoms with van der Waals surface area (Å²) in [6, 6.07) is 0. The van der Waals surface area contributed by atoms with Crippen LogP contribution in [0.2, 0.25) is 16.6 Å². The summed E-state index contributed by atoms with van der Waals surface area (Å²) in [4.78, 5) is 12.8. The molecular formula is C25H42O3Si. The summed E-state index contributed by atoms with van der Waals surface area (Å²) < 4.78 is 13.4. The minimum absolute atomic E-state index is 0.0726. The maximum absolute atomic E-state index is 12.8. The molecule has 0 N–H and O–H groups in total. The van der Waals surface area contributed by atoms with Crippen molar-refractivity contribution in [2.45, 2.75) is 97.6 Å². The molecule has 164 valence electrons. The number of Topliss-reactive ketones (excluding diaryl/α,β-unsaturated/α-hetero) is 1. The predicted octanol–water partition coefficient (Wildman–Crippen LogP) is 6.62. The summed E-state index contributed by atoms with van der Waals surface area (Å²) in [5.41, 5.74) is 5.63. The Morgan fingerprint density at radius 2 is 1.59 bits per heavy atom. The Kier molecular flexibility index (Phi) is 7.57. The highest BCUT2D eigenvalue weighted by atomic mass is 28.4. The van der Waals surface area contributed by atoms with E-state index in [9.17, 15) is 4.79 Å². The number of carbonyl (C=O) groups excluding carboxylic acids is 1. The number of hydrogen-bond acceptors (Lipinski definition) is 3. The number of rotatable bonds is 8. The van der Waals surface area contributed by atoms with Gasteiger partial charge in [0.2, 0.25) is 0 Å². The Labute approximate surface area is 179 Å². The molecule has 1 saturated heterocycles.